The Morgan fingerprint density at radius 1 is 1.17 bits per heavy atom. The van der Waals surface area contributed by atoms with E-state index in [2.05, 4.69) is 15.9 Å². The first-order valence-corrected chi connectivity index (χ1v) is 7.13. The maximum Gasteiger partial charge on any atom is 0.340 e. The predicted molar refractivity (Wildman–Crippen MR) is 82.4 cm³/mol. The highest BCUT2D eigenvalue weighted by Gasteiger charge is 2.24. The van der Waals surface area contributed by atoms with Crippen LogP contribution in [0.5, 0.6) is 0 Å². The van der Waals surface area contributed by atoms with E-state index in [9.17, 15) is 23.7 Å². The Morgan fingerprint density at radius 2 is 1.83 bits per heavy atom. The molecule has 0 radical (unpaired) electrons. The lowest BCUT2D eigenvalue weighted by molar-refractivity contribution is -0.390. The summed E-state index contributed by atoms with van der Waals surface area (Å²) in [6.07, 6.45) is 1.47. The summed E-state index contributed by atoms with van der Waals surface area (Å²) in [5.74, 6) is -3.47. The van der Waals surface area contributed by atoms with Crippen LogP contribution in [-0.2, 0) is 0 Å². The van der Waals surface area contributed by atoms with Crippen molar-refractivity contribution in [2.45, 2.75) is 0 Å². The molecule has 0 fully saturated rings. The summed E-state index contributed by atoms with van der Waals surface area (Å²) in [6, 6.07) is 8.18. The van der Waals surface area contributed by atoms with Crippen LogP contribution in [0, 0.1) is 21.7 Å². The Hall–Kier alpha value is -2.61. The maximum absolute atomic E-state index is 13.7. The molecule has 0 aliphatic rings. The Labute approximate surface area is 136 Å². The highest BCUT2D eigenvalue weighted by Crippen LogP contribution is 2.27. The molecule has 0 aliphatic carbocycles. The van der Waals surface area contributed by atoms with Crippen molar-refractivity contribution in [3.63, 3.8) is 0 Å². The lowest BCUT2D eigenvalue weighted by atomic mass is 10.1. The normalized spacial score (nSPS) is 10.9. The molecule has 0 unspecified atom stereocenters. The number of carbonyl (C=O) groups excluding carboxylic acids is 1. The van der Waals surface area contributed by atoms with Crippen molar-refractivity contribution in [1.82, 2.24) is 4.57 Å². The summed E-state index contributed by atoms with van der Waals surface area (Å²) >= 11 is 3.34. The second-order valence-electron chi connectivity index (χ2n) is 4.71. The van der Waals surface area contributed by atoms with Crippen molar-refractivity contribution < 1.29 is 18.5 Å². The van der Waals surface area contributed by atoms with E-state index in [4.69, 9.17) is 0 Å². The van der Waals surface area contributed by atoms with E-state index in [-0.39, 0.29) is 5.56 Å². The van der Waals surface area contributed by atoms with Crippen molar-refractivity contribution >= 4 is 38.4 Å². The van der Waals surface area contributed by atoms with Crippen molar-refractivity contribution in [3.05, 3.63) is 74.4 Å². The van der Waals surface area contributed by atoms with Gasteiger partial charge in [-0.2, -0.15) is 8.78 Å². The number of nitrogens with zero attached hydrogens (tertiary/aromatic N) is 2. The largest absolute Gasteiger partial charge is 0.340 e. The lowest BCUT2D eigenvalue weighted by Gasteiger charge is -2.06. The third-order valence-corrected chi connectivity index (χ3v) is 4.04. The van der Waals surface area contributed by atoms with E-state index in [0.29, 0.717) is 17.6 Å². The molecular formula is C15H7BrF2N2O3. The second-order valence-corrected chi connectivity index (χ2v) is 5.56. The number of hydrogen-bond acceptors (Lipinski definition) is 3. The molecule has 1 heterocycles. The number of rotatable bonds is 2. The Kier molecular flexibility index (Phi) is 3.69. The summed E-state index contributed by atoms with van der Waals surface area (Å²) < 4.78 is 29.4. The minimum absolute atomic E-state index is 0.317. The van der Waals surface area contributed by atoms with E-state index in [1.54, 1.807) is 24.3 Å². The first-order chi connectivity index (χ1) is 10.9. The molecule has 0 bridgehead atoms. The van der Waals surface area contributed by atoms with E-state index >= 15 is 0 Å². The van der Waals surface area contributed by atoms with Crippen LogP contribution in [0.4, 0.5) is 14.5 Å². The van der Waals surface area contributed by atoms with Crippen molar-refractivity contribution in [2.75, 3.05) is 0 Å². The van der Waals surface area contributed by atoms with Gasteiger partial charge < -0.3 is 0 Å². The SMILES string of the molecule is O=C(c1cc(F)c([N+](=O)[O-])c(F)c1)n1ccc2c(Br)cccc21. The van der Waals surface area contributed by atoms with Crippen molar-refractivity contribution in [1.29, 1.82) is 0 Å². The van der Waals surface area contributed by atoms with E-state index in [1.807, 2.05) is 0 Å². The fourth-order valence-corrected chi connectivity index (χ4v) is 2.80. The van der Waals surface area contributed by atoms with Crippen LogP contribution < -0.4 is 0 Å². The number of halogens is 3. The molecule has 0 aliphatic heterocycles. The van der Waals surface area contributed by atoms with Gasteiger partial charge in [-0.15, -0.1) is 0 Å². The highest BCUT2D eigenvalue weighted by molar-refractivity contribution is 9.10. The van der Waals surface area contributed by atoms with Crippen LogP contribution in [-0.4, -0.2) is 15.4 Å². The number of carbonyl (C=O) groups is 1. The molecular weight excluding hydrogens is 374 g/mol. The molecule has 116 valence electrons. The molecule has 0 saturated carbocycles. The lowest BCUT2D eigenvalue weighted by Crippen LogP contribution is -2.12. The van der Waals surface area contributed by atoms with Crippen molar-refractivity contribution in [3.8, 4) is 0 Å². The van der Waals surface area contributed by atoms with E-state index in [1.165, 1.54) is 10.8 Å². The predicted octanol–water partition coefficient (Wildman–Crippen LogP) is 4.28. The average molecular weight is 381 g/mol. The van der Waals surface area contributed by atoms with E-state index < -0.39 is 28.2 Å². The van der Waals surface area contributed by atoms with Gasteiger partial charge in [0.2, 0.25) is 11.6 Å². The molecule has 0 saturated heterocycles. The molecule has 3 aromatic rings. The van der Waals surface area contributed by atoms with Crippen LogP contribution in [0.15, 0.2) is 47.1 Å². The quantitative estimate of drug-likeness (QED) is 0.492. The number of fused-ring (bicyclic) bond motifs is 1. The molecule has 8 heteroatoms. The van der Waals surface area contributed by atoms with Gasteiger partial charge in [0.1, 0.15) is 0 Å². The zero-order valence-electron chi connectivity index (χ0n) is 11.3. The van der Waals surface area contributed by atoms with Gasteiger partial charge in [-0.25, -0.2) is 0 Å². The van der Waals surface area contributed by atoms with Crippen LogP contribution in [0.25, 0.3) is 10.9 Å². The summed E-state index contributed by atoms with van der Waals surface area (Å²) in [7, 11) is 0. The summed E-state index contributed by atoms with van der Waals surface area (Å²) in [6.45, 7) is 0. The zero-order valence-corrected chi connectivity index (χ0v) is 12.9. The minimum atomic E-state index is -1.39. The average Bonchev–Trinajstić information content (AvgIpc) is 2.90. The molecule has 0 N–H and O–H groups in total. The first kappa shape index (κ1) is 15.3. The molecule has 5 nitrogen and oxygen atoms in total. The third-order valence-electron chi connectivity index (χ3n) is 3.34. The standard InChI is InChI=1S/C15H7BrF2N2O3/c16-10-2-1-3-13-9(10)4-5-19(13)15(21)8-6-11(17)14(20(22)23)12(18)7-8/h1-7H. The molecule has 0 atom stereocenters. The van der Waals surface area contributed by atoms with Crippen LogP contribution >= 0.6 is 15.9 Å². The van der Waals surface area contributed by atoms with Gasteiger partial charge in [-0.1, -0.05) is 22.0 Å². The highest BCUT2D eigenvalue weighted by atomic mass is 79.9. The third kappa shape index (κ3) is 2.50. The second kappa shape index (κ2) is 5.54. The van der Waals surface area contributed by atoms with Gasteiger partial charge in [0.15, 0.2) is 0 Å². The van der Waals surface area contributed by atoms with Gasteiger partial charge in [-0.05, 0) is 30.3 Å². The fourth-order valence-electron chi connectivity index (χ4n) is 2.31. The molecule has 0 spiro atoms. The van der Waals surface area contributed by atoms with Gasteiger partial charge in [-0.3, -0.25) is 19.5 Å². The number of benzene rings is 2. The number of nitro groups is 1. The smallest absolute Gasteiger partial charge is 0.283 e. The number of aromatic nitrogens is 1. The van der Waals surface area contributed by atoms with Crippen LogP contribution in [0.1, 0.15) is 10.4 Å². The molecule has 23 heavy (non-hydrogen) atoms. The molecule has 0 amide bonds. The monoisotopic (exact) mass is 380 g/mol. The Bertz CT molecular complexity index is 946. The summed E-state index contributed by atoms with van der Waals surface area (Å²) in [4.78, 5) is 21.9. The van der Waals surface area contributed by atoms with Crippen LogP contribution in [0.2, 0.25) is 0 Å². The van der Waals surface area contributed by atoms with Gasteiger partial charge in [0.05, 0.1) is 10.4 Å². The van der Waals surface area contributed by atoms with Crippen LogP contribution in [0.3, 0.4) is 0 Å². The number of hydrogen-bond donors (Lipinski definition) is 0. The summed E-state index contributed by atoms with van der Waals surface area (Å²) in [5.41, 5.74) is -1.05. The van der Waals surface area contributed by atoms with Gasteiger partial charge in [0.25, 0.3) is 5.91 Å². The Balaban J connectivity index is 2.13. The number of nitro benzene ring substituents is 1. The van der Waals surface area contributed by atoms with E-state index in [0.717, 1.165) is 9.86 Å². The minimum Gasteiger partial charge on any atom is -0.283 e. The molecule has 3 rings (SSSR count). The van der Waals surface area contributed by atoms with Crippen molar-refractivity contribution in [2.24, 2.45) is 0 Å². The summed E-state index contributed by atoms with van der Waals surface area (Å²) in [5, 5.41) is 11.3. The molecule has 2 aromatic carbocycles. The Morgan fingerprint density at radius 3 is 2.43 bits per heavy atom. The first-order valence-electron chi connectivity index (χ1n) is 6.34. The molecule has 1 aromatic heterocycles. The van der Waals surface area contributed by atoms with Gasteiger partial charge in [0, 0.05) is 21.6 Å². The van der Waals surface area contributed by atoms with Gasteiger partial charge >= 0.3 is 5.69 Å². The topological polar surface area (TPSA) is 65.1 Å². The zero-order chi connectivity index (χ0) is 16.7. The fraction of sp³-hybridized carbons (Fsp3) is 0. The maximum atomic E-state index is 13.7.